The van der Waals surface area contributed by atoms with Crippen molar-refractivity contribution in [1.82, 2.24) is 15.3 Å². The van der Waals surface area contributed by atoms with E-state index in [0.717, 1.165) is 30.7 Å². The highest BCUT2D eigenvalue weighted by atomic mass is 16.5. The zero-order valence-corrected chi connectivity index (χ0v) is 12.0. The van der Waals surface area contributed by atoms with E-state index in [1.165, 1.54) is 11.3 Å². The molecule has 116 valence electrons. The van der Waals surface area contributed by atoms with E-state index in [-0.39, 0.29) is 23.7 Å². The minimum absolute atomic E-state index is 0.000871. The summed E-state index contributed by atoms with van der Waals surface area (Å²) in [6.07, 6.45) is 6.36. The number of hydrogen-bond acceptors (Lipinski definition) is 4. The number of fused-ring (bicyclic) bond motifs is 2. The van der Waals surface area contributed by atoms with Gasteiger partial charge in [0.05, 0.1) is 12.1 Å². The molecule has 3 rings (SSSR count). The molecule has 1 saturated carbocycles. The average molecular weight is 294 g/mol. The van der Waals surface area contributed by atoms with E-state index in [1.54, 1.807) is 0 Å². The number of hydroxylamine groups is 2. The van der Waals surface area contributed by atoms with Crippen LogP contribution in [0.2, 0.25) is 0 Å². The number of carbonyl (C=O) groups is 2. The molecule has 7 nitrogen and oxygen atoms in total. The summed E-state index contributed by atoms with van der Waals surface area (Å²) < 4.78 is 0. The summed E-state index contributed by atoms with van der Waals surface area (Å²) in [5.41, 5.74) is 0. The lowest BCUT2D eigenvalue weighted by Gasteiger charge is -2.31. The number of nitrogens with zero attached hydrogens (tertiary/aromatic N) is 2. The average Bonchev–Trinajstić information content (AvgIpc) is 2.73. The fourth-order valence-electron chi connectivity index (χ4n) is 3.63. The van der Waals surface area contributed by atoms with E-state index in [9.17, 15) is 14.8 Å². The normalized spacial score (nSPS) is 29.7. The van der Waals surface area contributed by atoms with Crippen molar-refractivity contribution in [3.05, 3.63) is 0 Å². The van der Waals surface area contributed by atoms with E-state index in [1.807, 2.05) is 0 Å². The number of piperidine rings is 1. The van der Waals surface area contributed by atoms with Gasteiger partial charge in [0.15, 0.2) is 0 Å². The number of carbonyl (C=O) groups excluding carboxylic acids is 2. The van der Waals surface area contributed by atoms with Crippen molar-refractivity contribution in [2.24, 2.45) is 5.92 Å². The molecule has 1 aliphatic carbocycles. The Bertz CT molecular complexity index is 461. The third-order valence-corrected chi connectivity index (χ3v) is 4.91. The molecule has 3 fully saturated rings. The summed E-state index contributed by atoms with van der Waals surface area (Å²) >= 11 is 0. The summed E-state index contributed by atoms with van der Waals surface area (Å²) in [4.78, 5) is 25.6. The molecule has 3 amide bonds. The van der Waals surface area contributed by atoms with E-state index in [0.29, 0.717) is 19.4 Å². The molecule has 0 unspecified atom stereocenters. The quantitative estimate of drug-likeness (QED) is 0.407. The molecule has 0 spiro atoms. The molecular weight excluding hydrogens is 272 g/mol. The Labute approximate surface area is 123 Å². The van der Waals surface area contributed by atoms with Crippen LogP contribution in [0.5, 0.6) is 0 Å². The lowest BCUT2D eigenvalue weighted by Crippen LogP contribution is -2.51. The van der Waals surface area contributed by atoms with Crippen LogP contribution in [0, 0.1) is 11.3 Å². The summed E-state index contributed by atoms with van der Waals surface area (Å²) in [5.74, 6) is 0.000978. The van der Waals surface area contributed by atoms with Crippen LogP contribution in [0.25, 0.3) is 0 Å². The Morgan fingerprint density at radius 3 is 2.62 bits per heavy atom. The van der Waals surface area contributed by atoms with Gasteiger partial charge in [-0.2, -0.15) is 0 Å². The Balaban J connectivity index is 1.60. The van der Waals surface area contributed by atoms with Crippen LogP contribution in [0.15, 0.2) is 0 Å². The fourth-order valence-corrected chi connectivity index (χ4v) is 3.63. The number of nitrogens with one attached hydrogen (secondary N) is 2. The molecule has 3 aliphatic rings. The molecule has 2 heterocycles. The highest BCUT2D eigenvalue weighted by molar-refractivity contribution is 6.01. The minimum atomic E-state index is -0.459. The van der Waals surface area contributed by atoms with Crippen LogP contribution in [-0.2, 0) is 4.79 Å². The van der Waals surface area contributed by atoms with Crippen molar-refractivity contribution in [2.75, 3.05) is 6.54 Å². The van der Waals surface area contributed by atoms with Gasteiger partial charge in [0.1, 0.15) is 5.84 Å². The first-order chi connectivity index (χ1) is 10.1. The second-order valence-electron chi connectivity index (χ2n) is 6.26. The Hall–Kier alpha value is -1.63. The molecule has 0 aromatic carbocycles. The zero-order valence-electron chi connectivity index (χ0n) is 12.0. The van der Waals surface area contributed by atoms with Crippen LogP contribution in [0.3, 0.4) is 0 Å². The summed E-state index contributed by atoms with van der Waals surface area (Å²) in [6.45, 7) is 0.432. The van der Waals surface area contributed by atoms with Crippen LogP contribution >= 0.6 is 0 Å². The van der Waals surface area contributed by atoms with Crippen molar-refractivity contribution in [3.63, 3.8) is 0 Å². The predicted molar refractivity (Wildman–Crippen MR) is 75.0 cm³/mol. The van der Waals surface area contributed by atoms with Gasteiger partial charge in [0, 0.05) is 12.5 Å². The first-order valence-electron chi connectivity index (χ1n) is 7.76. The molecule has 0 aromatic rings. The fraction of sp³-hybridized carbons (Fsp3) is 0.786. The minimum Gasteiger partial charge on any atom is -0.313 e. The largest absolute Gasteiger partial charge is 0.344 e. The van der Waals surface area contributed by atoms with Crippen molar-refractivity contribution >= 4 is 17.8 Å². The van der Waals surface area contributed by atoms with Gasteiger partial charge in [-0.1, -0.05) is 19.3 Å². The maximum atomic E-state index is 12.2. The number of urea groups is 1. The highest BCUT2D eigenvalue weighted by Gasteiger charge is 2.46. The van der Waals surface area contributed by atoms with Gasteiger partial charge in [-0.05, 0) is 25.7 Å². The molecular formula is C14H22N4O3. The van der Waals surface area contributed by atoms with E-state index < -0.39 is 12.1 Å². The lowest BCUT2D eigenvalue weighted by atomic mass is 9.88. The SMILES string of the molecule is N=C(NC(=O)C1CCCCC1)[C@@H]1CC[C@@H]2CN1C(=O)N2O. The van der Waals surface area contributed by atoms with Crippen LogP contribution in [0.1, 0.15) is 44.9 Å². The molecule has 2 aliphatic heterocycles. The first-order valence-corrected chi connectivity index (χ1v) is 7.76. The van der Waals surface area contributed by atoms with Gasteiger partial charge < -0.3 is 10.2 Å². The Morgan fingerprint density at radius 2 is 1.90 bits per heavy atom. The maximum absolute atomic E-state index is 12.2. The van der Waals surface area contributed by atoms with Gasteiger partial charge in [0.25, 0.3) is 0 Å². The molecule has 0 radical (unpaired) electrons. The maximum Gasteiger partial charge on any atom is 0.344 e. The predicted octanol–water partition coefficient (Wildman–Crippen LogP) is 1.32. The molecule has 21 heavy (non-hydrogen) atoms. The van der Waals surface area contributed by atoms with Gasteiger partial charge in [-0.15, -0.1) is 0 Å². The third-order valence-electron chi connectivity index (χ3n) is 4.91. The second kappa shape index (κ2) is 5.63. The lowest BCUT2D eigenvalue weighted by molar-refractivity contribution is -0.124. The first kappa shape index (κ1) is 14.3. The van der Waals surface area contributed by atoms with Crippen LogP contribution < -0.4 is 5.32 Å². The number of amidine groups is 1. The van der Waals surface area contributed by atoms with Gasteiger partial charge in [0.2, 0.25) is 5.91 Å². The van der Waals surface area contributed by atoms with Gasteiger partial charge >= 0.3 is 6.03 Å². The number of hydrogen-bond donors (Lipinski definition) is 3. The summed E-state index contributed by atoms with van der Waals surface area (Å²) in [7, 11) is 0. The number of rotatable bonds is 2. The molecule has 2 saturated heterocycles. The van der Waals surface area contributed by atoms with E-state index in [2.05, 4.69) is 5.32 Å². The molecule has 3 N–H and O–H groups in total. The van der Waals surface area contributed by atoms with Crippen LogP contribution in [-0.4, -0.2) is 51.6 Å². The third kappa shape index (κ3) is 2.62. The van der Waals surface area contributed by atoms with E-state index >= 15 is 0 Å². The topological polar surface area (TPSA) is 96.7 Å². The number of amides is 3. The molecule has 2 atom stereocenters. The van der Waals surface area contributed by atoms with E-state index in [4.69, 9.17) is 5.41 Å². The van der Waals surface area contributed by atoms with Crippen molar-refractivity contribution in [1.29, 1.82) is 5.41 Å². The zero-order chi connectivity index (χ0) is 15.0. The van der Waals surface area contributed by atoms with Crippen molar-refractivity contribution < 1.29 is 14.8 Å². The second-order valence-corrected chi connectivity index (χ2v) is 6.26. The molecule has 2 bridgehead atoms. The highest BCUT2D eigenvalue weighted by Crippen LogP contribution is 2.29. The van der Waals surface area contributed by atoms with Crippen molar-refractivity contribution in [3.8, 4) is 0 Å². The smallest absolute Gasteiger partial charge is 0.313 e. The summed E-state index contributed by atoms with van der Waals surface area (Å²) in [6, 6.07) is -1.05. The Kier molecular flexibility index (Phi) is 3.84. The van der Waals surface area contributed by atoms with Gasteiger partial charge in [-0.25, -0.2) is 9.86 Å². The van der Waals surface area contributed by atoms with Gasteiger partial charge in [-0.3, -0.25) is 15.4 Å². The van der Waals surface area contributed by atoms with Crippen molar-refractivity contribution in [2.45, 2.75) is 57.0 Å². The monoisotopic (exact) mass is 294 g/mol. The Morgan fingerprint density at radius 1 is 1.19 bits per heavy atom. The molecule has 7 heteroatoms. The standard InChI is InChI=1S/C14H22N4O3/c15-12(16-13(19)9-4-2-1-3-5-9)11-7-6-10-8-17(11)14(20)18(10)21/h9-11,21H,1-8H2,(H2,15,16,19)/t10-,11+/m1/s1. The summed E-state index contributed by atoms with van der Waals surface area (Å²) in [5, 5.41) is 21.2. The van der Waals surface area contributed by atoms with Crippen LogP contribution in [0.4, 0.5) is 4.79 Å². The molecule has 0 aromatic heterocycles.